The van der Waals surface area contributed by atoms with E-state index in [4.69, 9.17) is 4.74 Å². The van der Waals surface area contributed by atoms with Crippen LogP contribution < -0.4 is 10.9 Å². The Kier molecular flexibility index (Phi) is 6.19. The number of H-pyrrole nitrogens is 1. The van der Waals surface area contributed by atoms with Gasteiger partial charge in [0.15, 0.2) is 0 Å². The molecule has 0 amide bonds. The number of anilines is 1. The normalized spacial score (nSPS) is 15.2. The van der Waals surface area contributed by atoms with E-state index in [1.54, 1.807) is 6.07 Å². The summed E-state index contributed by atoms with van der Waals surface area (Å²) in [5, 5.41) is 3.21. The third-order valence-electron chi connectivity index (χ3n) is 4.39. The summed E-state index contributed by atoms with van der Waals surface area (Å²) in [5.41, 5.74) is 3.12. The highest BCUT2D eigenvalue weighted by Gasteiger charge is 2.10. The lowest BCUT2D eigenvalue weighted by molar-refractivity contribution is 0.0374. The topological polar surface area (TPSA) is 70.2 Å². The number of benzene rings is 1. The molecular weight excluding hydrogens is 316 g/mol. The molecule has 3 rings (SSSR count). The van der Waals surface area contributed by atoms with Crippen LogP contribution in [0.4, 0.5) is 5.95 Å². The van der Waals surface area contributed by atoms with Crippen molar-refractivity contribution < 1.29 is 4.74 Å². The van der Waals surface area contributed by atoms with Crippen LogP contribution in [0.3, 0.4) is 0 Å². The summed E-state index contributed by atoms with van der Waals surface area (Å²) in [5.74, 6) is 0.537. The third kappa shape index (κ3) is 5.69. The molecule has 0 unspecified atom stereocenters. The zero-order chi connectivity index (χ0) is 17.5. The minimum absolute atomic E-state index is 0.109. The van der Waals surface area contributed by atoms with E-state index in [1.165, 1.54) is 5.56 Å². The van der Waals surface area contributed by atoms with E-state index in [1.807, 2.05) is 0 Å². The maximum atomic E-state index is 11.9. The van der Waals surface area contributed by atoms with Gasteiger partial charge in [-0.2, -0.15) is 0 Å². The third-order valence-corrected chi connectivity index (χ3v) is 4.39. The van der Waals surface area contributed by atoms with Gasteiger partial charge in [-0.3, -0.25) is 14.7 Å². The number of aryl methyl sites for hydroxylation is 2. The van der Waals surface area contributed by atoms with Crippen molar-refractivity contribution in [2.75, 3.05) is 38.2 Å². The van der Waals surface area contributed by atoms with Crippen LogP contribution in [-0.4, -0.2) is 47.7 Å². The lowest BCUT2D eigenvalue weighted by atomic mass is 10.1. The number of nitrogens with one attached hydrogen (secondary N) is 2. The second kappa shape index (κ2) is 8.78. The predicted octanol–water partition coefficient (Wildman–Crippen LogP) is 1.96. The minimum atomic E-state index is -0.109. The van der Waals surface area contributed by atoms with E-state index in [-0.39, 0.29) is 5.56 Å². The minimum Gasteiger partial charge on any atom is -0.379 e. The van der Waals surface area contributed by atoms with Gasteiger partial charge in [-0.05, 0) is 31.9 Å². The van der Waals surface area contributed by atoms with E-state index in [2.05, 4.69) is 51.4 Å². The quantitative estimate of drug-likeness (QED) is 0.805. The first-order valence-electron chi connectivity index (χ1n) is 8.89. The summed E-state index contributed by atoms with van der Waals surface area (Å²) < 4.78 is 5.36. The van der Waals surface area contributed by atoms with Crippen LogP contribution in [0.1, 0.15) is 23.2 Å². The highest BCUT2D eigenvalue weighted by atomic mass is 16.5. The first-order chi connectivity index (χ1) is 12.2. The number of rotatable bonds is 7. The Morgan fingerprint density at radius 2 is 2.00 bits per heavy atom. The predicted molar refractivity (Wildman–Crippen MR) is 98.9 cm³/mol. The van der Waals surface area contributed by atoms with E-state index in [0.717, 1.165) is 56.9 Å². The van der Waals surface area contributed by atoms with Gasteiger partial charge in [-0.1, -0.05) is 29.8 Å². The maximum Gasteiger partial charge on any atom is 0.252 e. The summed E-state index contributed by atoms with van der Waals surface area (Å²) >= 11 is 0. The average Bonchev–Trinajstić information content (AvgIpc) is 2.62. The molecule has 25 heavy (non-hydrogen) atoms. The fourth-order valence-electron chi connectivity index (χ4n) is 2.92. The van der Waals surface area contributed by atoms with Gasteiger partial charge in [0.1, 0.15) is 0 Å². The van der Waals surface area contributed by atoms with Crippen LogP contribution in [0.5, 0.6) is 0 Å². The molecule has 0 bridgehead atoms. The van der Waals surface area contributed by atoms with E-state index >= 15 is 0 Å². The molecule has 1 saturated heterocycles. The van der Waals surface area contributed by atoms with Crippen molar-refractivity contribution in [3.63, 3.8) is 0 Å². The first-order valence-corrected chi connectivity index (χ1v) is 8.89. The Labute approximate surface area is 148 Å². The second-order valence-corrected chi connectivity index (χ2v) is 6.48. The summed E-state index contributed by atoms with van der Waals surface area (Å²) in [6.45, 7) is 7.34. The molecule has 0 radical (unpaired) electrons. The average molecular weight is 342 g/mol. The summed E-state index contributed by atoms with van der Waals surface area (Å²) in [7, 11) is 0. The summed E-state index contributed by atoms with van der Waals surface area (Å²) in [4.78, 5) is 21.6. The summed E-state index contributed by atoms with van der Waals surface area (Å²) in [6, 6.07) is 9.90. The standard InChI is InChI=1S/C19H26N4O2/c1-15-4-6-16(7-5-15)14-20-19-21-17(13-18(24)22-19)3-2-8-23-9-11-25-12-10-23/h4-7,13H,2-3,8-12,14H2,1H3,(H2,20,21,22,24). The monoisotopic (exact) mass is 342 g/mol. The van der Waals surface area contributed by atoms with Crippen molar-refractivity contribution in [2.24, 2.45) is 0 Å². The van der Waals surface area contributed by atoms with Crippen LogP contribution in [0.2, 0.25) is 0 Å². The van der Waals surface area contributed by atoms with Crippen molar-refractivity contribution in [1.29, 1.82) is 0 Å². The molecule has 6 nitrogen and oxygen atoms in total. The molecule has 2 N–H and O–H groups in total. The molecule has 1 aromatic carbocycles. The Hall–Kier alpha value is -2.18. The molecule has 1 aliphatic heterocycles. The molecule has 1 fully saturated rings. The Morgan fingerprint density at radius 1 is 1.24 bits per heavy atom. The van der Waals surface area contributed by atoms with E-state index in [0.29, 0.717) is 12.5 Å². The molecule has 0 aliphatic carbocycles. The molecule has 134 valence electrons. The van der Waals surface area contributed by atoms with Gasteiger partial charge in [-0.15, -0.1) is 0 Å². The zero-order valence-electron chi connectivity index (χ0n) is 14.8. The fourth-order valence-corrected chi connectivity index (χ4v) is 2.92. The molecule has 0 spiro atoms. The lowest BCUT2D eigenvalue weighted by Gasteiger charge is -2.26. The van der Waals surface area contributed by atoms with Gasteiger partial charge >= 0.3 is 0 Å². The van der Waals surface area contributed by atoms with Gasteiger partial charge in [0.05, 0.1) is 13.2 Å². The number of aromatic nitrogens is 2. The van der Waals surface area contributed by atoms with Crippen LogP contribution in [0.15, 0.2) is 35.1 Å². The van der Waals surface area contributed by atoms with Crippen molar-refractivity contribution in [3.05, 3.63) is 57.5 Å². The van der Waals surface area contributed by atoms with Gasteiger partial charge in [0.2, 0.25) is 5.95 Å². The number of morpholine rings is 1. The number of hydrogen-bond donors (Lipinski definition) is 2. The van der Waals surface area contributed by atoms with Crippen molar-refractivity contribution >= 4 is 5.95 Å². The highest BCUT2D eigenvalue weighted by Crippen LogP contribution is 2.07. The fraction of sp³-hybridized carbons (Fsp3) is 0.474. The Morgan fingerprint density at radius 3 is 2.76 bits per heavy atom. The van der Waals surface area contributed by atoms with Crippen molar-refractivity contribution in [2.45, 2.75) is 26.3 Å². The Bertz CT molecular complexity index is 721. The molecule has 0 atom stereocenters. The maximum absolute atomic E-state index is 11.9. The largest absolute Gasteiger partial charge is 0.379 e. The lowest BCUT2D eigenvalue weighted by Crippen LogP contribution is -2.37. The van der Waals surface area contributed by atoms with Crippen LogP contribution >= 0.6 is 0 Å². The first kappa shape index (κ1) is 17.6. The van der Waals surface area contributed by atoms with Crippen LogP contribution in [-0.2, 0) is 17.7 Å². The SMILES string of the molecule is Cc1ccc(CNc2nc(CCCN3CCOCC3)cc(=O)[nH]2)cc1. The molecule has 6 heteroatoms. The van der Waals surface area contributed by atoms with Gasteiger partial charge < -0.3 is 10.1 Å². The Balaban J connectivity index is 1.52. The molecule has 2 aromatic rings. The smallest absolute Gasteiger partial charge is 0.252 e. The van der Waals surface area contributed by atoms with Gasteiger partial charge in [0.25, 0.3) is 5.56 Å². The number of aromatic amines is 1. The van der Waals surface area contributed by atoms with E-state index < -0.39 is 0 Å². The molecule has 1 aromatic heterocycles. The van der Waals surface area contributed by atoms with Crippen LogP contribution in [0, 0.1) is 6.92 Å². The number of hydrogen-bond acceptors (Lipinski definition) is 5. The molecular formula is C19H26N4O2. The van der Waals surface area contributed by atoms with Gasteiger partial charge in [0, 0.05) is 31.4 Å². The van der Waals surface area contributed by atoms with Crippen molar-refractivity contribution in [3.8, 4) is 0 Å². The van der Waals surface area contributed by atoms with E-state index in [9.17, 15) is 4.79 Å². The van der Waals surface area contributed by atoms with Gasteiger partial charge in [-0.25, -0.2) is 4.98 Å². The van der Waals surface area contributed by atoms with Crippen LogP contribution in [0.25, 0.3) is 0 Å². The zero-order valence-corrected chi connectivity index (χ0v) is 14.8. The number of ether oxygens (including phenoxy) is 1. The molecule has 2 heterocycles. The summed E-state index contributed by atoms with van der Waals surface area (Å²) in [6.07, 6.45) is 1.80. The molecule has 0 saturated carbocycles. The highest BCUT2D eigenvalue weighted by molar-refractivity contribution is 5.29. The second-order valence-electron chi connectivity index (χ2n) is 6.48. The molecule has 1 aliphatic rings. The van der Waals surface area contributed by atoms with Crippen molar-refractivity contribution in [1.82, 2.24) is 14.9 Å². The number of nitrogens with zero attached hydrogens (tertiary/aromatic N) is 2.